The van der Waals surface area contributed by atoms with Crippen molar-refractivity contribution in [1.29, 1.82) is 0 Å². The van der Waals surface area contributed by atoms with Crippen LogP contribution < -0.4 is 0 Å². The molecule has 0 spiro atoms. The molecule has 8 N–H and O–H groups in total. The minimum absolute atomic E-state index is 0.0233. The summed E-state index contributed by atoms with van der Waals surface area (Å²) in [5.74, 6) is -1.73. The van der Waals surface area contributed by atoms with Crippen LogP contribution in [0.3, 0.4) is 0 Å². The van der Waals surface area contributed by atoms with Gasteiger partial charge in [-0.05, 0) is 12.1 Å². The van der Waals surface area contributed by atoms with Crippen molar-refractivity contribution in [2.45, 2.75) is 34.2 Å². The molecular formula is C16H20O13S2. The topological polar surface area (TPSA) is 247 Å². The molecule has 0 aliphatic carbocycles. The van der Waals surface area contributed by atoms with Crippen molar-refractivity contribution >= 4 is 37.0 Å². The average molecular weight is 484 g/mol. The molecule has 0 fully saturated rings. The molecule has 0 heterocycles. The summed E-state index contributed by atoms with van der Waals surface area (Å²) in [6.07, 6.45) is -7.84. The first-order chi connectivity index (χ1) is 14.1. The number of fused-ring (bicyclic) bond motifs is 1. The third-order valence-electron chi connectivity index (χ3n) is 3.91. The van der Waals surface area contributed by atoms with E-state index in [0.29, 0.717) is 0 Å². The zero-order chi connectivity index (χ0) is 24.1. The molecule has 0 aliphatic heterocycles. The molecule has 13 nitrogen and oxygen atoms in total. The fraction of sp³-hybridized carbons (Fsp3) is 0.312. The van der Waals surface area contributed by atoms with Crippen LogP contribution in [0.25, 0.3) is 10.8 Å². The number of aliphatic hydroxyl groups excluding tert-OH is 5. The number of hydrogen-bond donors (Lipinski definition) is 8. The lowest BCUT2D eigenvalue weighted by atomic mass is 10.0. The molecule has 15 heteroatoms. The summed E-state index contributed by atoms with van der Waals surface area (Å²) in [5, 5.41) is 51.9. The molecule has 31 heavy (non-hydrogen) atoms. The molecule has 2 aromatic rings. The number of aliphatic carboxylic acids is 1. The molecule has 0 bridgehead atoms. The van der Waals surface area contributed by atoms with E-state index in [-0.39, 0.29) is 10.8 Å². The summed E-state index contributed by atoms with van der Waals surface area (Å²) in [4.78, 5) is 9.27. The predicted molar refractivity (Wildman–Crippen MR) is 102 cm³/mol. The van der Waals surface area contributed by atoms with Gasteiger partial charge < -0.3 is 30.6 Å². The van der Waals surface area contributed by atoms with E-state index >= 15 is 0 Å². The molecule has 0 radical (unpaired) electrons. The number of rotatable bonds is 7. The minimum Gasteiger partial charge on any atom is -0.479 e. The van der Waals surface area contributed by atoms with Gasteiger partial charge in [0, 0.05) is 10.8 Å². The monoisotopic (exact) mass is 484 g/mol. The first-order valence-corrected chi connectivity index (χ1v) is 11.0. The molecule has 0 aromatic heterocycles. The Morgan fingerprint density at radius 3 is 1.45 bits per heavy atom. The van der Waals surface area contributed by atoms with Crippen molar-refractivity contribution in [1.82, 2.24) is 0 Å². The molecule has 2 rings (SSSR count). The van der Waals surface area contributed by atoms with Crippen LogP contribution in [0.5, 0.6) is 0 Å². The van der Waals surface area contributed by atoms with Gasteiger partial charge in [-0.25, -0.2) is 4.79 Å². The number of carboxylic acid groups (broad SMARTS) is 1. The molecular weight excluding hydrogens is 464 g/mol. The van der Waals surface area contributed by atoms with Gasteiger partial charge in [-0.3, -0.25) is 9.11 Å². The maximum atomic E-state index is 11.2. The molecule has 174 valence electrons. The van der Waals surface area contributed by atoms with E-state index in [1.54, 1.807) is 0 Å². The Bertz CT molecular complexity index is 1060. The number of carboxylic acids is 1. The summed E-state index contributed by atoms with van der Waals surface area (Å²) < 4.78 is 62.7. The van der Waals surface area contributed by atoms with Crippen molar-refractivity contribution in [2.24, 2.45) is 0 Å². The second-order valence-corrected chi connectivity index (χ2v) is 8.85. The van der Waals surface area contributed by atoms with Crippen molar-refractivity contribution in [3.05, 3.63) is 36.4 Å². The van der Waals surface area contributed by atoms with Gasteiger partial charge >= 0.3 is 5.97 Å². The predicted octanol–water partition coefficient (Wildman–Crippen LogP) is -2.16. The van der Waals surface area contributed by atoms with Gasteiger partial charge in [0.1, 0.15) is 28.1 Å². The zero-order valence-corrected chi connectivity index (χ0v) is 17.0. The molecule has 0 amide bonds. The Balaban J connectivity index is 0.000000330. The van der Waals surface area contributed by atoms with Gasteiger partial charge in [-0.15, -0.1) is 0 Å². The lowest BCUT2D eigenvalue weighted by molar-refractivity contribution is -0.164. The van der Waals surface area contributed by atoms with Crippen molar-refractivity contribution in [3.8, 4) is 0 Å². The van der Waals surface area contributed by atoms with Crippen LogP contribution in [0.1, 0.15) is 0 Å². The van der Waals surface area contributed by atoms with E-state index < -0.39 is 67.0 Å². The summed E-state index contributed by atoms with van der Waals surface area (Å²) in [5.41, 5.74) is 0. The van der Waals surface area contributed by atoms with Crippen molar-refractivity contribution < 1.29 is 61.4 Å². The normalized spacial score (nSPS) is 16.0. The van der Waals surface area contributed by atoms with Crippen LogP contribution in [0.4, 0.5) is 0 Å². The van der Waals surface area contributed by atoms with E-state index in [2.05, 4.69) is 0 Å². The molecule has 2 aromatic carbocycles. The molecule has 0 saturated heterocycles. The van der Waals surface area contributed by atoms with Gasteiger partial charge in [0.05, 0.1) is 6.61 Å². The standard InChI is InChI=1S/C10H8O6S2.C6H12O7/c11-17(12,13)9-5-1-3-7-8(9)4-2-6-10(7)18(14,15)16;7-1-2(8)3(9)4(10)5(11)6(12)13/h1-6H,(H,11,12,13)(H,14,15,16);2-5,7-11H,1H2,(H,12,13). The zero-order valence-electron chi connectivity index (χ0n) is 15.4. The summed E-state index contributed by atoms with van der Waals surface area (Å²) >= 11 is 0. The Morgan fingerprint density at radius 2 is 1.16 bits per heavy atom. The second-order valence-electron chi connectivity index (χ2n) is 6.07. The second kappa shape index (κ2) is 10.4. The molecule has 0 saturated carbocycles. The highest BCUT2D eigenvalue weighted by Crippen LogP contribution is 2.27. The lowest BCUT2D eigenvalue weighted by Crippen LogP contribution is -2.48. The summed E-state index contributed by atoms with van der Waals surface area (Å²) in [6, 6.07) is 7.53. The number of aliphatic hydroxyl groups is 5. The van der Waals surface area contributed by atoms with Gasteiger partial charge in [0.2, 0.25) is 0 Å². The van der Waals surface area contributed by atoms with Crippen LogP contribution in [0.15, 0.2) is 46.2 Å². The third-order valence-corrected chi connectivity index (χ3v) is 5.73. The van der Waals surface area contributed by atoms with Gasteiger partial charge in [-0.1, -0.05) is 24.3 Å². The van der Waals surface area contributed by atoms with Gasteiger partial charge in [-0.2, -0.15) is 16.8 Å². The van der Waals surface area contributed by atoms with E-state index in [1.165, 1.54) is 24.3 Å². The largest absolute Gasteiger partial charge is 0.479 e. The fourth-order valence-corrected chi connectivity index (χ4v) is 3.78. The van der Waals surface area contributed by atoms with Crippen LogP contribution in [-0.4, -0.2) is 93.6 Å². The third kappa shape index (κ3) is 6.89. The number of hydrogen-bond acceptors (Lipinski definition) is 10. The maximum Gasteiger partial charge on any atom is 0.335 e. The number of carbonyl (C=O) groups is 1. The van der Waals surface area contributed by atoms with E-state index in [0.717, 1.165) is 12.1 Å². The Labute approximate surface area is 175 Å². The highest BCUT2D eigenvalue weighted by Gasteiger charge is 2.33. The van der Waals surface area contributed by atoms with E-state index in [9.17, 15) is 21.6 Å². The average Bonchev–Trinajstić information content (AvgIpc) is 2.69. The molecule has 4 unspecified atom stereocenters. The quantitative estimate of drug-likeness (QED) is 0.195. The van der Waals surface area contributed by atoms with E-state index in [1.807, 2.05) is 0 Å². The smallest absolute Gasteiger partial charge is 0.335 e. The summed E-state index contributed by atoms with van der Waals surface area (Å²) in [6.45, 7) is -0.843. The first-order valence-electron chi connectivity index (χ1n) is 8.15. The van der Waals surface area contributed by atoms with Crippen LogP contribution in [-0.2, 0) is 25.0 Å². The van der Waals surface area contributed by atoms with Crippen molar-refractivity contribution in [3.63, 3.8) is 0 Å². The lowest BCUT2D eigenvalue weighted by Gasteiger charge is -2.23. The van der Waals surface area contributed by atoms with Crippen LogP contribution in [0.2, 0.25) is 0 Å². The highest BCUT2D eigenvalue weighted by atomic mass is 32.2. The Hall–Kier alpha value is -2.21. The molecule has 4 atom stereocenters. The molecule has 0 aliphatic rings. The van der Waals surface area contributed by atoms with Gasteiger partial charge in [0.25, 0.3) is 20.2 Å². The Morgan fingerprint density at radius 1 is 0.774 bits per heavy atom. The Kier molecular flexibility index (Phi) is 9.00. The van der Waals surface area contributed by atoms with E-state index in [4.69, 9.17) is 39.7 Å². The van der Waals surface area contributed by atoms with Crippen LogP contribution in [0, 0.1) is 0 Å². The van der Waals surface area contributed by atoms with Crippen molar-refractivity contribution in [2.75, 3.05) is 6.61 Å². The van der Waals surface area contributed by atoms with Crippen LogP contribution >= 0.6 is 0 Å². The SMILES string of the molecule is O=C(O)C(O)C(O)C(O)C(O)CO.O=S(=O)(O)c1cccc2c(S(=O)(=O)O)cccc12. The first kappa shape index (κ1) is 26.8. The minimum atomic E-state index is -4.47. The number of benzene rings is 2. The van der Waals surface area contributed by atoms with Gasteiger partial charge in [0.15, 0.2) is 6.10 Å². The highest BCUT2D eigenvalue weighted by molar-refractivity contribution is 7.86. The fourth-order valence-electron chi connectivity index (χ4n) is 2.37. The maximum absolute atomic E-state index is 11.2. The summed E-state index contributed by atoms with van der Waals surface area (Å²) in [7, 11) is -8.94.